The highest BCUT2D eigenvalue weighted by Crippen LogP contribution is 2.44. The summed E-state index contributed by atoms with van der Waals surface area (Å²) in [7, 11) is -0.282. The highest BCUT2D eigenvalue weighted by Gasteiger charge is 2.27. The molecule has 0 saturated carbocycles. The first kappa shape index (κ1) is 9.29. The Balaban J connectivity index is 3.75. The molecule has 3 heteroatoms. The van der Waals surface area contributed by atoms with Gasteiger partial charge in [0.2, 0.25) is 0 Å². The number of rotatable bonds is 2. The molecule has 0 amide bonds. The lowest BCUT2D eigenvalue weighted by Gasteiger charge is -2.21. The molecule has 0 nitrogen and oxygen atoms in total. The Morgan fingerprint density at radius 3 is 1.11 bits per heavy atom. The van der Waals surface area contributed by atoms with Crippen molar-refractivity contribution in [2.75, 3.05) is 0 Å². The van der Waals surface area contributed by atoms with Crippen LogP contribution in [0.3, 0.4) is 0 Å². The van der Waals surface area contributed by atoms with Crippen LogP contribution in [0.5, 0.6) is 0 Å². The van der Waals surface area contributed by atoms with Gasteiger partial charge in [-0.1, -0.05) is 0 Å². The molecule has 56 valence electrons. The third-order valence-corrected chi connectivity index (χ3v) is 1.78. The maximum absolute atomic E-state index is 12.7. The van der Waals surface area contributed by atoms with E-state index in [1.54, 1.807) is 0 Å². The van der Waals surface area contributed by atoms with E-state index in [9.17, 15) is 8.78 Å². The van der Waals surface area contributed by atoms with Gasteiger partial charge < -0.3 is 0 Å². The molecule has 0 aromatic carbocycles. The molecule has 0 aliphatic carbocycles. The van der Waals surface area contributed by atoms with Gasteiger partial charge in [-0.05, 0) is 36.3 Å². The molecular formula is C6H13F2P. The maximum Gasteiger partial charge on any atom is 0.124 e. The van der Waals surface area contributed by atoms with E-state index in [1.807, 2.05) is 0 Å². The van der Waals surface area contributed by atoms with E-state index >= 15 is 0 Å². The van der Waals surface area contributed by atoms with Crippen molar-refractivity contribution in [3.05, 3.63) is 0 Å². The zero-order valence-electron chi connectivity index (χ0n) is 6.26. The standard InChI is InChI=1S/C6H13F2P/c1-5(2,7)9-6(3,4)8/h9H,1-4H3. The summed E-state index contributed by atoms with van der Waals surface area (Å²) in [5.74, 6) is 0. The van der Waals surface area contributed by atoms with Gasteiger partial charge in [0, 0.05) is 0 Å². The second-order valence-electron chi connectivity index (χ2n) is 3.07. The molecule has 0 radical (unpaired) electrons. The van der Waals surface area contributed by atoms with Crippen molar-refractivity contribution >= 4 is 8.58 Å². The van der Waals surface area contributed by atoms with E-state index in [0.717, 1.165) is 0 Å². The third kappa shape index (κ3) is 8.29. The fourth-order valence-electron chi connectivity index (χ4n) is 0.707. The Labute approximate surface area is 56.8 Å². The Morgan fingerprint density at radius 2 is 1.11 bits per heavy atom. The summed E-state index contributed by atoms with van der Waals surface area (Å²) < 4.78 is 25.3. The molecule has 0 bridgehead atoms. The van der Waals surface area contributed by atoms with Crippen LogP contribution < -0.4 is 0 Å². The fraction of sp³-hybridized carbons (Fsp3) is 1.00. The average molecular weight is 154 g/mol. The van der Waals surface area contributed by atoms with E-state index in [2.05, 4.69) is 0 Å². The number of alkyl halides is 2. The predicted octanol–water partition coefficient (Wildman–Crippen LogP) is 3.08. The summed E-state index contributed by atoms with van der Waals surface area (Å²) in [6, 6.07) is 0. The summed E-state index contributed by atoms with van der Waals surface area (Å²) in [6.45, 7) is 5.58. The zero-order chi connectivity index (χ0) is 7.71. The third-order valence-electron chi connectivity index (χ3n) is 0.594. The average Bonchev–Trinajstić information content (AvgIpc) is 1.14. The van der Waals surface area contributed by atoms with Gasteiger partial charge in [0.05, 0.1) is 0 Å². The molecule has 0 aromatic heterocycles. The van der Waals surface area contributed by atoms with Crippen molar-refractivity contribution in [2.45, 2.75) is 38.5 Å². The van der Waals surface area contributed by atoms with E-state index in [1.165, 1.54) is 27.7 Å². The molecule has 0 N–H and O–H groups in total. The molecule has 9 heavy (non-hydrogen) atoms. The summed E-state index contributed by atoms with van der Waals surface area (Å²) in [5, 5.41) is -2.73. The van der Waals surface area contributed by atoms with Gasteiger partial charge in [0.25, 0.3) is 0 Å². The van der Waals surface area contributed by atoms with Gasteiger partial charge in [-0.25, -0.2) is 8.78 Å². The minimum atomic E-state index is -1.36. The Hall–Kier alpha value is 0.290. The van der Waals surface area contributed by atoms with Crippen molar-refractivity contribution in [3.63, 3.8) is 0 Å². The molecule has 0 atom stereocenters. The molecule has 0 rings (SSSR count). The molecule has 0 aromatic rings. The minimum absolute atomic E-state index is 0.282. The lowest BCUT2D eigenvalue weighted by atomic mass is 10.5. The molecule has 0 unspecified atom stereocenters. The van der Waals surface area contributed by atoms with Crippen LogP contribution in [0.1, 0.15) is 27.7 Å². The minimum Gasteiger partial charge on any atom is -0.240 e. The first-order valence-corrected chi connectivity index (χ1v) is 3.88. The smallest absolute Gasteiger partial charge is 0.124 e. The summed E-state index contributed by atoms with van der Waals surface area (Å²) in [4.78, 5) is 0. The fourth-order valence-corrected chi connectivity index (χ4v) is 2.12. The van der Waals surface area contributed by atoms with E-state index in [-0.39, 0.29) is 8.58 Å². The lowest BCUT2D eigenvalue weighted by molar-refractivity contribution is 0.296. The Bertz CT molecular complexity index is 76.2. The molecule has 0 aliphatic heterocycles. The van der Waals surface area contributed by atoms with E-state index in [4.69, 9.17) is 0 Å². The van der Waals surface area contributed by atoms with Crippen LogP contribution in [-0.4, -0.2) is 10.8 Å². The Morgan fingerprint density at radius 1 is 0.889 bits per heavy atom. The summed E-state index contributed by atoms with van der Waals surface area (Å²) >= 11 is 0. The van der Waals surface area contributed by atoms with Crippen molar-refractivity contribution in [1.29, 1.82) is 0 Å². The SMILES string of the molecule is CC(C)(F)PC(C)(C)F. The molecule has 0 spiro atoms. The van der Waals surface area contributed by atoms with Gasteiger partial charge in [-0.3, -0.25) is 0 Å². The first-order valence-electron chi connectivity index (χ1n) is 2.88. The second kappa shape index (κ2) is 2.49. The monoisotopic (exact) mass is 154 g/mol. The van der Waals surface area contributed by atoms with Crippen LogP contribution in [0.25, 0.3) is 0 Å². The van der Waals surface area contributed by atoms with E-state index < -0.39 is 10.8 Å². The second-order valence-corrected chi connectivity index (χ2v) is 5.70. The molecule has 0 saturated heterocycles. The molecular weight excluding hydrogens is 141 g/mol. The zero-order valence-corrected chi connectivity index (χ0v) is 7.26. The maximum atomic E-state index is 12.7. The first-order chi connectivity index (χ1) is 3.71. The number of halogens is 2. The largest absolute Gasteiger partial charge is 0.240 e. The predicted molar refractivity (Wildman–Crippen MR) is 38.7 cm³/mol. The lowest BCUT2D eigenvalue weighted by Crippen LogP contribution is -2.14. The van der Waals surface area contributed by atoms with Crippen molar-refractivity contribution in [1.82, 2.24) is 0 Å². The quantitative estimate of drug-likeness (QED) is 0.536. The topological polar surface area (TPSA) is 0 Å². The number of hydrogen-bond donors (Lipinski definition) is 0. The van der Waals surface area contributed by atoms with Crippen molar-refractivity contribution < 1.29 is 8.78 Å². The van der Waals surface area contributed by atoms with Gasteiger partial charge >= 0.3 is 0 Å². The van der Waals surface area contributed by atoms with Gasteiger partial charge in [-0.15, -0.1) is 0 Å². The highest BCUT2D eigenvalue weighted by atomic mass is 31.1. The summed E-state index contributed by atoms with van der Waals surface area (Å²) in [5.41, 5.74) is 0. The molecule has 0 fully saturated rings. The van der Waals surface area contributed by atoms with Crippen molar-refractivity contribution in [2.24, 2.45) is 0 Å². The summed E-state index contributed by atoms with van der Waals surface area (Å²) in [6.07, 6.45) is 0. The number of hydrogen-bond acceptors (Lipinski definition) is 0. The normalized spacial score (nSPS) is 14.0. The highest BCUT2D eigenvalue weighted by molar-refractivity contribution is 7.41. The van der Waals surface area contributed by atoms with Crippen LogP contribution in [0.2, 0.25) is 0 Å². The van der Waals surface area contributed by atoms with Crippen LogP contribution >= 0.6 is 8.58 Å². The van der Waals surface area contributed by atoms with Crippen LogP contribution in [0.4, 0.5) is 8.78 Å². The van der Waals surface area contributed by atoms with Crippen molar-refractivity contribution in [3.8, 4) is 0 Å². The molecule has 0 aliphatic rings. The van der Waals surface area contributed by atoms with Crippen LogP contribution in [0.15, 0.2) is 0 Å². The Kier molecular flexibility index (Phi) is 2.57. The van der Waals surface area contributed by atoms with Crippen LogP contribution in [-0.2, 0) is 0 Å². The van der Waals surface area contributed by atoms with Gasteiger partial charge in [0.1, 0.15) is 10.8 Å². The molecule has 0 heterocycles. The van der Waals surface area contributed by atoms with Crippen LogP contribution in [0, 0.1) is 0 Å². The van der Waals surface area contributed by atoms with E-state index in [0.29, 0.717) is 0 Å². The van der Waals surface area contributed by atoms with Gasteiger partial charge in [0.15, 0.2) is 0 Å². The van der Waals surface area contributed by atoms with Gasteiger partial charge in [-0.2, -0.15) is 0 Å².